The summed E-state index contributed by atoms with van der Waals surface area (Å²) in [6.07, 6.45) is 0. The molecule has 1 aliphatic rings. The summed E-state index contributed by atoms with van der Waals surface area (Å²) in [4.78, 5) is 24.9. The van der Waals surface area contributed by atoms with Gasteiger partial charge in [0.2, 0.25) is 11.8 Å². The summed E-state index contributed by atoms with van der Waals surface area (Å²) in [6.45, 7) is 2.35. The molecule has 0 aliphatic carbocycles. The maximum atomic E-state index is 13.1. The van der Waals surface area contributed by atoms with E-state index in [-0.39, 0.29) is 18.4 Å². The fourth-order valence-electron chi connectivity index (χ4n) is 1.88. The van der Waals surface area contributed by atoms with Crippen molar-refractivity contribution in [2.45, 2.75) is 13.0 Å². The monoisotopic (exact) mass is 236 g/mol. The fourth-order valence-corrected chi connectivity index (χ4v) is 1.88. The van der Waals surface area contributed by atoms with Gasteiger partial charge in [-0.15, -0.1) is 0 Å². The van der Waals surface area contributed by atoms with E-state index in [1.165, 1.54) is 23.1 Å². The van der Waals surface area contributed by atoms with Crippen LogP contribution in [0.2, 0.25) is 0 Å². The first-order valence-corrected chi connectivity index (χ1v) is 5.45. The van der Waals surface area contributed by atoms with Crippen LogP contribution in [0.3, 0.4) is 0 Å². The Morgan fingerprint density at radius 2 is 2.24 bits per heavy atom. The molecule has 1 aromatic carbocycles. The number of rotatable bonds is 2. The molecule has 1 atom stereocenters. The van der Waals surface area contributed by atoms with Gasteiger partial charge in [0.1, 0.15) is 11.9 Å². The Labute approximate surface area is 98.4 Å². The summed E-state index contributed by atoms with van der Waals surface area (Å²) >= 11 is 0. The number of halogens is 1. The molecule has 1 heterocycles. The van der Waals surface area contributed by atoms with Crippen LogP contribution in [-0.4, -0.2) is 29.8 Å². The van der Waals surface area contributed by atoms with Crippen molar-refractivity contribution in [3.8, 4) is 0 Å². The zero-order chi connectivity index (χ0) is 12.4. The van der Waals surface area contributed by atoms with Crippen molar-refractivity contribution in [2.24, 2.45) is 0 Å². The third kappa shape index (κ3) is 2.27. The van der Waals surface area contributed by atoms with Crippen LogP contribution in [0.5, 0.6) is 0 Å². The average Bonchev–Trinajstić information content (AvgIpc) is 2.31. The summed E-state index contributed by atoms with van der Waals surface area (Å²) in [5.41, 5.74) is 0.474. The standard InChI is InChI=1S/C12H13FN2O2/c1-2-15-7-10(16)14-11(12(15)17)8-4-3-5-9(13)6-8/h3-6,11H,2,7H2,1H3,(H,14,16). The molecule has 2 amide bonds. The van der Waals surface area contributed by atoms with Crippen LogP contribution in [0.4, 0.5) is 4.39 Å². The quantitative estimate of drug-likeness (QED) is 0.827. The average molecular weight is 236 g/mol. The Morgan fingerprint density at radius 3 is 2.88 bits per heavy atom. The van der Waals surface area contributed by atoms with Crippen LogP contribution < -0.4 is 5.32 Å². The van der Waals surface area contributed by atoms with Gasteiger partial charge in [-0.1, -0.05) is 12.1 Å². The summed E-state index contributed by atoms with van der Waals surface area (Å²) in [6, 6.07) is 4.95. The molecule has 0 saturated carbocycles. The van der Waals surface area contributed by atoms with Crippen molar-refractivity contribution >= 4 is 11.8 Å². The molecule has 0 spiro atoms. The molecule has 1 N–H and O–H groups in total. The predicted molar refractivity (Wildman–Crippen MR) is 59.5 cm³/mol. The van der Waals surface area contributed by atoms with Crippen LogP contribution >= 0.6 is 0 Å². The van der Waals surface area contributed by atoms with Gasteiger partial charge in [0.15, 0.2) is 0 Å². The number of nitrogens with zero attached hydrogens (tertiary/aromatic N) is 1. The first-order chi connectivity index (χ1) is 8.11. The Hall–Kier alpha value is -1.91. The Morgan fingerprint density at radius 1 is 1.47 bits per heavy atom. The van der Waals surface area contributed by atoms with Gasteiger partial charge in [0.05, 0.1) is 6.54 Å². The summed E-state index contributed by atoms with van der Waals surface area (Å²) < 4.78 is 13.1. The number of hydrogen-bond donors (Lipinski definition) is 1. The van der Waals surface area contributed by atoms with Crippen molar-refractivity contribution in [1.82, 2.24) is 10.2 Å². The molecule has 1 unspecified atom stereocenters. The molecule has 5 heteroatoms. The largest absolute Gasteiger partial charge is 0.339 e. The topological polar surface area (TPSA) is 49.4 Å². The van der Waals surface area contributed by atoms with Gasteiger partial charge in [-0.25, -0.2) is 4.39 Å². The van der Waals surface area contributed by atoms with Gasteiger partial charge in [-0.2, -0.15) is 0 Å². The number of piperazine rings is 1. The molecule has 0 aromatic heterocycles. The van der Waals surface area contributed by atoms with Crippen molar-refractivity contribution in [3.63, 3.8) is 0 Å². The van der Waals surface area contributed by atoms with Gasteiger partial charge < -0.3 is 10.2 Å². The van der Waals surface area contributed by atoms with Crippen LogP contribution in [0.25, 0.3) is 0 Å². The highest BCUT2D eigenvalue weighted by molar-refractivity contribution is 5.95. The third-order valence-corrected chi connectivity index (χ3v) is 2.76. The van der Waals surface area contributed by atoms with Crippen LogP contribution in [0.15, 0.2) is 24.3 Å². The molecular weight excluding hydrogens is 223 g/mol. The highest BCUT2D eigenvalue weighted by atomic mass is 19.1. The smallest absolute Gasteiger partial charge is 0.250 e. The molecule has 1 fully saturated rings. The minimum atomic E-state index is -0.771. The zero-order valence-electron chi connectivity index (χ0n) is 9.44. The van der Waals surface area contributed by atoms with Gasteiger partial charge in [0.25, 0.3) is 0 Å². The number of carbonyl (C=O) groups is 2. The molecule has 0 bridgehead atoms. The molecule has 17 heavy (non-hydrogen) atoms. The lowest BCUT2D eigenvalue weighted by molar-refractivity contribution is -0.144. The Bertz CT molecular complexity index is 462. The second-order valence-electron chi connectivity index (χ2n) is 3.91. The minimum absolute atomic E-state index is 0.0706. The van der Waals surface area contributed by atoms with E-state index in [0.717, 1.165) is 0 Å². The molecule has 90 valence electrons. The second kappa shape index (κ2) is 4.53. The Kier molecular flexibility index (Phi) is 3.08. The van der Waals surface area contributed by atoms with Crippen molar-refractivity contribution in [2.75, 3.05) is 13.1 Å². The maximum absolute atomic E-state index is 13.1. The van der Waals surface area contributed by atoms with Crippen molar-refractivity contribution in [1.29, 1.82) is 0 Å². The van der Waals surface area contributed by atoms with Gasteiger partial charge in [-0.05, 0) is 24.6 Å². The van der Waals surface area contributed by atoms with E-state index in [2.05, 4.69) is 5.32 Å². The first kappa shape index (κ1) is 11.6. The molecule has 1 aliphatic heterocycles. The summed E-state index contributed by atoms with van der Waals surface area (Å²) in [7, 11) is 0. The molecule has 2 rings (SSSR count). The molecule has 0 radical (unpaired) electrons. The lowest BCUT2D eigenvalue weighted by atomic mass is 10.0. The molecule has 1 aromatic rings. The minimum Gasteiger partial charge on any atom is -0.339 e. The summed E-state index contributed by atoms with van der Waals surface area (Å²) in [5.74, 6) is -0.836. The van der Waals surface area contributed by atoms with E-state index >= 15 is 0 Å². The first-order valence-electron chi connectivity index (χ1n) is 5.45. The van der Waals surface area contributed by atoms with Gasteiger partial charge in [0, 0.05) is 6.54 Å². The predicted octanol–water partition coefficient (Wildman–Crippen LogP) is 0.845. The number of benzene rings is 1. The SMILES string of the molecule is CCN1CC(=O)NC(c2cccc(F)c2)C1=O. The van der Waals surface area contributed by atoms with E-state index in [9.17, 15) is 14.0 Å². The van der Waals surface area contributed by atoms with Crippen LogP contribution in [-0.2, 0) is 9.59 Å². The number of amides is 2. The highest BCUT2D eigenvalue weighted by Gasteiger charge is 2.32. The van der Waals surface area contributed by atoms with Crippen LogP contribution in [0, 0.1) is 5.82 Å². The molecule has 4 nitrogen and oxygen atoms in total. The van der Waals surface area contributed by atoms with Crippen molar-refractivity contribution in [3.05, 3.63) is 35.6 Å². The maximum Gasteiger partial charge on any atom is 0.250 e. The Balaban J connectivity index is 2.30. The second-order valence-corrected chi connectivity index (χ2v) is 3.91. The van der Waals surface area contributed by atoms with Crippen molar-refractivity contribution < 1.29 is 14.0 Å². The van der Waals surface area contributed by atoms with E-state index < -0.39 is 11.9 Å². The zero-order valence-corrected chi connectivity index (χ0v) is 9.44. The highest BCUT2D eigenvalue weighted by Crippen LogP contribution is 2.19. The van der Waals surface area contributed by atoms with Gasteiger partial charge in [-0.3, -0.25) is 9.59 Å². The van der Waals surface area contributed by atoms with Crippen LogP contribution in [0.1, 0.15) is 18.5 Å². The lowest BCUT2D eigenvalue weighted by Crippen LogP contribution is -2.53. The van der Waals surface area contributed by atoms with E-state index in [1.54, 1.807) is 13.0 Å². The van der Waals surface area contributed by atoms with Gasteiger partial charge >= 0.3 is 0 Å². The number of nitrogens with one attached hydrogen (secondary N) is 1. The normalized spacial score (nSPS) is 20.4. The fraction of sp³-hybridized carbons (Fsp3) is 0.333. The number of hydrogen-bond acceptors (Lipinski definition) is 2. The summed E-state index contributed by atoms with van der Waals surface area (Å²) in [5, 5.41) is 2.58. The van der Waals surface area contributed by atoms with E-state index in [0.29, 0.717) is 12.1 Å². The molecular formula is C12H13FN2O2. The third-order valence-electron chi connectivity index (χ3n) is 2.76. The van der Waals surface area contributed by atoms with E-state index in [4.69, 9.17) is 0 Å². The number of carbonyl (C=O) groups excluding carboxylic acids is 2. The van der Waals surface area contributed by atoms with E-state index in [1.807, 2.05) is 0 Å². The number of likely N-dealkylation sites (N-methyl/N-ethyl adjacent to an activating group) is 1. The lowest BCUT2D eigenvalue weighted by Gasteiger charge is -2.31. The molecule has 1 saturated heterocycles.